The number of carbonyl (C=O) groups is 2. The Hall–Kier alpha value is -3.33. The minimum Gasteiger partial charge on any atom is -0.462 e. The van der Waals surface area contributed by atoms with E-state index in [-0.39, 0.29) is 32.0 Å². The molecular weight excluding hydrogens is 1180 g/mol. The van der Waals surface area contributed by atoms with Crippen molar-refractivity contribution in [1.82, 2.24) is 0 Å². The average Bonchev–Trinajstić information content (AvgIpc) is 1.56. The Labute approximate surface area is 582 Å². The molecule has 0 fully saturated rings. The molecule has 9 nitrogen and oxygen atoms in total. The first-order valence-corrected chi connectivity index (χ1v) is 41.1. The van der Waals surface area contributed by atoms with Gasteiger partial charge in [-0.2, -0.15) is 0 Å². The molecule has 0 saturated heterocycles. The second-order valence-corrected chi connectivity index (χ2v) is 29.2. The molecule has 0 spiro atoms. The van der Waals surface area contributed by atoms with Gasteiger partial charge in [0.1, 0.15) is 19.8 Å². The van der Waals surface area contributed by atoms with E-state index in [0.29, 0.717) is 17.4 Å². The minimum atomic E-state index is -4.40. The monoisotopic (exact) mass is 1330 g/mol. The molecule has 2 atom stereocenters. The normalized spacial score (nSPS) is 13.6. The van der Waals surface area contributed by atoms with Crippen molar-refractivity contribution >= 4 is 19.8 Å². The molecule has 0 rings (SSSR count). The Morgan fingerprint density at radius 2 is 0.606 bits per heavy atom. The van der Waals surface area contributed by atoms with Gasteiger partial charge in [-0.1, -0.05) is 354 Å². The third kappa shape index (κ3) is 77.7. The third-order valence-corrected chi connectivity index (χ3v) is 18.3. The zero-order valence-electron chi connectivity index (χ0n) is 62.2. The van der Waals surface area contributed by atoms with Gasteiger partial charge in [0, 0.05) is 12.8 Å². The van der Waals surface area contributed by atoms with Gasteiger partial charge in [0.15, 0.2) is 6.10 Å². The lowest BCUT2D eigenvalue weighted by Crippen LogP contribution is -2.37. The number of nitrogens with zero attached hydrogens (tertiary/aromatic N) is 1. The summed E-state index contributed by atoms with van der Waals surface area (Å²) in [5.74, 6) is -0.783. The summed E-state index contributed by atoms with van der Waals surface area (Å²) in [4.78, 5) is 36.0. The molecule has 0 saturated carbocycles. The van der Waals surface area contributed by atoms with Crippen LogP contribution in [0.1, 0.15) is 361 Å². The lowest BCUT2D eigenvalue weighted by atomic mass is 10.0. The molecule has 0 aromatic heterocycles. The summed E-state index contributed by atoms with van der Waals surface area (Å²) in [5, 5.41) is 0. The van der Waals surface area contributed by atoms with Crippen LogP contribution in [0.25, 0.3) is 0 Å². The highest BCUT2D eigenvalue weighted by atomic mass is 31.2. The smallest absolute Gasteiger partial charge is 0.462 e. The molecule has 1 N–H and O–H groups in total. The minimum absolute atomic E-state index is 0.0307. The predicted octanol–water partition coefficient (Wildman–Crippen LogP) is 26.4. The van der Waals surface area contributed by atoms with Crippen LogP contribution in [-0.2, 0) is 32.7 Å². The fourth-order valence-electron chi connectivity index (χ4n) is 11.3. The van der Waals surface area contributed by atoms with Crippen LogP contribution in [0.15, 0.2) is 109 Å². The molecule has 0 heterocycles. The first-order chi connectivity index (χ1) is 46.0. The van der Waals surface area contributed by atoms with Crippen LogP contribution in [0, 0.1) is 0 Å². The summed E-state index contributed by atoms with van der Waals surface area (Å²) in [5.41, 5.74) is 0. The van der Waals surface area contributed by atoms with E-state index in [4.69, 9.17) is 18.5 Å². The van der Waals surface area contributed by atoms with Gasteiger partial charge in [-0.05, 0) is 103 Å². The van der Waals surface area contributed by atoms with E-state index in [9.17, 15) is 19.0 Å². The summed E-state index contributed by atoms with van der Waals surface area (Å²) in [6.07, 6.45) is 105. The zero-order chi connectivity index (χ0) is 68.3. The molecule has 0 aromatic rings. The number of phosphoric ester groups is 1. The lowest BCUT2D eigenvalue weighted by molar-refractivity contribution is -0.870. The molecule has 0 aromatic carbocycles. The highest BCUT2D eigenvalue weighted by molar-refractivity contribution is 7.47. The van der Waals surface area contributed by atoms with Gasteiger partial charge in [-0.3, -0.25) is 18.6 Å². The van der Waals surface area contributed by atoms with E-state index in [1.54, 1.807) is 0 Å². The van der Waals surface area contributed by atoms with E-state index in [1.165, 1.54) is 244 Å². The van der Waals surface area contributed by atoms with Crippen molar-refractivity contribution in [3.63, 3.8) is 0 Å². The number of ether oxygens (including phenoxy) is 2. The van der Waals surface area contributed by atoms with Crippen molar-refractivity contribution in [1.29, 1.82) is 0 Å². The molecule has 0 radical (unpaired) electrons. The molecule has 0 amide bonds. The van der Waals surface area contributed by atoms with Crippen molar-refractivity contribution in [2.75, 3.05) is 47.5 Å². The number of allylic oxidation sites excluding steroid dienone is 18. The quantitative estimate of drug-likeness (QED) is 0.0211. The molecule has 94 heavy (non-hydrogen) atoms. The van der Waals surface area contributed by atoms with Crippen LogP contribution >= 0.6 is 7.82 Å². The largest absolute Gasteiger partial charge is 0.472 e. The van der Waals surface area contributed by atoms with E-state index in [2.05, 4.69) is 123 Å². The highest BCUT2D eigenvalue weighted by Crippen LogP contribution is 2.43. The highest BCUT2D eigenvalue weighted by Gasteiger charge is 2.27. The van der Waals surface area contributed by atoms with Crippen LogP contribution in [0.4, 0.5) is 0 Å². The van der Waals surface area contributed by atoms with Crippen molar-refractivity contribution in [3.8, 4) is 0 Å². The molecule has 0 aliphatic heterocycles. The molecule has 0 bridgehead atoms. The Balaban J connectivity index is 3.96. The standard InChI is InChI=1S/C84H150NO8P/c1-6-8-10-12-14-16-18-20-22-24-26-28-30-32-34-36-38-39-40-41-42-43-44-45-47-49-51-53-55-57-59-61-63-65-67-69-71-73-75-77-84(87)93-82(81-92-94(88,89)91-79-78-85(3,4)5)80-90-83(86)76-74-72-70-68-66-64-62-60-58-56-54-52-50-48-46-37-35-33-31-29-27-25-23-21-19-17-15-13-11-9-7-2/h8,10,14,16,19-22,25-28,31-34,38-39,82H,6-7,9,11-13,15,17-18,23-24,29-30,35-37,40-81H2,1-5H3/p+1/b10-8-,16-14-,21-19-,22-20-,27-25-,28-26-,33-31-,34-32-,39-38-. The van der Waals surface area contributed by atoms with Crippen molar-refractivity contribution in [3.05, 3.63) is 109 Å². The van der Waals surface area contributed by atoms with Crippen molar-refractivity contribution in [2.45, 2.75) is 367 Å². The fraction of sp³-hybridized carbons (Fsp3) is 0.762. The molecule has 2 unspecified atom stereocenters. The molecule has 0 aliphatic carbocycles. The first kappa shape index (κ1) is 90.7. The zero-order valence-corrected chi connectivity index (χ0v) is 63.1. The number of esters is 2. The Morgan fingerprint density at radius 1 is 0.340 bits per heavy atom. The number of hydrogen-bond donors (Lipinski definition) is 1. The van der Waals surface area contributed by atoms with E-state index in [0.717, 1.165) is 83.5 Å². The number of phosphoric acid groups is 1. The van der Waals surface area contributed by atoms with Gasteiger partial charge < -0.3 is 18.9 Å². The van der Waals surface area contributed by atoms with Crippen LogP contribution in [0.2, 0.25) is 0 Å². The maximum atomic E-state index is 12.9. The molecule has 0 aliphatic rings. The fourth-order valence-corrected chi connectivity index (χ4v) is 12.0. The van der Waals surface area contributed by atoms with Gasteiger partial charge in [-0.15, -0.1) is 0 Å². The summed E-state index contributed by atoms with van der Waals surface area (Å²) in [6.45, 7) is 4.35. The maximum Gasteiger partial charge on any atom is 0.472 e. The van der Waals surface area contributed by atoms with E-state index < -0.39 is 26.5 Å². The number of hydrogen-bond acceptors (Lipinski definition) is 7. The van der Waals surface area contributed by atoms with E-state index in [1.807, 2.05) is 21.1 Å². The lowest BCUT2D eigenvalue weighted by Gasteiger charge is -2.24. The van der Waals surface area contributed by atoms with Crippen molar-refractivity contribution < 1.29 is 42.1 Å². The number of quaternary nitrogens is 1. The van der Waals surface area contributed by atoms with Crippen LogP contribution in [0.5, 0.6) is 0 Å². The summed E-state index contributed by atoms with van der Waals surface area (Å²) in [6, 6.07) is 0. The number of likely N-dealkylation sites (N-methyl/N-ethyl adjacent to an activating group) is 1. The van der Waals surface area contributed by atoms with Crippen molar-refractivity contribution in [2.24, 2.45) is 0 Å². The molecule has 10 heteroatoms. The average molecular weight is 1330 g/mol. The van der Waals surface area contributed by atoms with Gasteiger partial charge in [-0.25, -0.2) is 4.57 Å². The van der Waals surface area contributed by atoms with Crippen LogP contribution in [-0.4, -0.2) is 74.9 Å². The Kier molecular flexibility index (Phi) is 71.3. The molecule has 544 valence electrons. The Bertz CT molecular complexity index is 1960. The Morgan fingerprint density at radius 3 is 0.904 bits per heavy atom. The van der Waals surface area contributed by atoms with Gasteiger partial charge >= 0.3 is 19.8 Å². The number of unbranched alkanes of at least 4 members (excludes halogenated alkanes) is 41. The third-order valence-electron chi connectivity index (χ3n) is 17.3. The second kappa shape index (κ2) is 73.9. The van der Waals surface area contributed by atoms with E-state index >= 15 is 0 Å². The summed E-state index contributed by atoms with van der Waals surface area (Å²) < 4.78 is 34.8. The summed E-state index contributed by atoms with van der Waals surface area (Å²) >= 11 is 0. The maximum absolute atomic E-state index is 12.9. The number of carbonyl (C=O) groups excluding carboxylic acids is 2. The predicted molar refractivity (Wildman–Crippen MR) is 408 cm³/mol. The molecular formula is C84H151NO8P+. The summed E-state index contributed by atoms with van der Waals surface area (Å²) in [7, 11) is 1.49. The first-order valence-electron chi connectivity index (χ1n) is 39.6. The van der Waals surface area contributed by atoms with Gasteiger partial charge in [0.2, 0.25) is 0 Å². The number of rotatable bonds is 73. The van der Waals surface area contributed by atoms with Crippen LogP contribution in [0.3, 0.4) is 0 Å². The second-order valence-electron chi connectivity index (χ2n) is 27.7. The van der Waals surface area contributed by atoms with Crippen LogP contribution < -0.4 is 0 Å². The SMILES string of the molecule is CC/C=C\C/C=C\C/C=C\C/C=C\C/C=C\C/C=C\CCCCCCCCCCCCCCCCCCCCCCC(=O)OC(COC(=O)CCCCCCCCCCCCCCCCCC/C=C\C/C=C\C/C=C\CCCCCCC)COP(=O)(O)OCC[N+](C)(C)C. The van der Waals surface area contributed by atoms with Gasteiger partial charge in [0.05, 0.1) is 27.7 Å². The van der Waals surface area contributed by atoms with Gasteiger partial charge in [0.25, 0.3) is 0 Å². The topological polar surface area (TPSA) is 108 Å².